The molecule has 0 spiro atoms. The summed E-state index contributed by atoms with van der Waals surface area (Å²) < 4.78 is 0. The van der Waals surface area contributed by atoms with E-state index in [0.29, 0.717) is 5.04 Å². The summed E-state index contributed by atoms with van der Waals surface area (Å²) in [6.45, 7) is 0.757. The van der Waals surface area contributed by atoms with E-state index >= 15 is 0 Å². The Labute approximate surface area is 68.3 Å². The third kappa shape index (κ3) is 3.84. The summed E-state index contributed by atoms with van der Waals surface area (Å²) in [5.74, 6) is 0.975. The maximum atomic E-state index is 10.0. The molecule has 0 aliphatic carbocycles. The van der Waals surface area contributed by atoms with Crippen molar-refractivity contribution in [3.8, 4) is 0 Å². The van der Waals surface area contributed by atoms with Gasteiger partial charge >= 0.3 is 0 Å². The Morgan fingerprint density at radius 2 is 2.45 bits per heavy atom. The van der Waals surface area contributed by atoms with Gasteiger partial charge in [0.2, 0.25) is 0 Å². The molecule has 5 nitrogen and oxygen atoms in total. The van der Waals surface area contributed by atoms with Crippen LogP contribution in [0.1, 0.15) is 6.42 Å². The molecule has 3 N–H and O–H groups in total. The van der Waals surface area contributed by atoms with Gasteiger partial charge in [-0.1, -0.05) is 0 Å². The zero-order valence-electron chi connectivity index (χ0n) is 5.86. The first kappa shape index (κ1) is 10.2. The van der Waals surface area contributed by atoms with Crippen LogP contribution in [0.5, 0.6) is 0 Å². The van der Waals surface area contributed by atoms with Crippen LogP contribution in [-0.2, 0) is 0 Å². The van der Waals surface area contributed by atoms with E-state index in [0.717, 1.165) is 24.9 Å². The fraction of sp³-hybridized carbons (Fsp3) is 0.600. The SMILES string of the molecule is O.[O-][N+](O)=CC1=NCCCS1. The lowest BCUT2D eigenvalue weighted by Gasteiger charge is -2.03. The average molecular weight is 178 g/mol. The van der Waals surface area contributed by atoms with E-state index in [1.807, 2.05) is 0 Å². The van der Waals surface area contributed by atoms with Crippen LogP contribution in [0, 0.1) is 5.21 Å². The number of nitrogens with zero attached hydrogens (tertiary/aromatic N) is 2. The van der Waals surface area contributed by atoms with Gasteiger partial charge in [-0.25, -0.2) is 0 Å². The summed E-state index contributed by atoms with van der Waals surface area (Å²) in [5.41, 5.74) is 0. The summed E-state index contributed by atoms with van der Waals surface area (Å²) >= 11 is 1.48. The van der Waals surface area contributed by atoms with E-state index in [9.17, 15) is 5.21 Å². The van der Waals surface area contributed by atoms with E-state index in [1.165, 1.54) is 11.8 Å². The van der Waals surface area contributed by atoms with Gasteiger partial charge in [0.05, 0.1) is 0 Å². The van der Waals surface area contributed by atoms with Crippen molar-refractivity contribution in [3.63, 3.8) is 0 Å². The molecule has 11 heavy (non-hydrogen) atoms. The Morgan fingerprint density at radius 1 is 1.73 bits per heavy atom. The maximum absolute atomic E-state index is 10.0. The van der Waals surface area contributed by atoms with Crippen molar-refractivity contribution in [1.29, 1.82) is 0 Å². The van der Waals surface area contributed by atoms with Crippen molar-refractivity contribution >= 4 is 23.0 Å². The van der Waals surface area contributed by atoms with Crippen molar-refractivity contribution in [2.24, 2.45) is 4.99 Å². The van der Waals surface area contributed by atoms with Gasteiger partial charge in [0.1, 0.15) is 0 Å². The highest BCUT2D eigenvalue weighted by molar-refractivity contribution is 8.15. The molecule has 64 valence electrons. The van der Waals surface area contributed by atoms with Crippen molar-refractivity contribution < 1.29 is 15.6 Å². The quantitative estimate of drug-likeness (QED) is 0.258. The first-order valence-electron chi connectivity index (χ1n) is 2.96. The molecule has 0 aromatic rings. The van der Waals surface area contributed by atoms with Crippen molar-refractivity contribution in [2.45, 2.75) is 6.42 Å². The molecular weight excluding hydrogens is 168 g/mol. The van der Waals surface area contributed by atoms with Gasteiger partial charge in [-0.3, -0.25) is 10.2 Å². The molecule has 0 atom stereocenters. The summed E-state index contributed by atoms with van der Waals surface area (Å²) in [4.78, 5) is 3.78. The van der Waals surface area contributed by atoms with E-state index in [4.69, 9.17) is 5.21 Å². The van der Waals surface area contributed by atoms with Crippen LogP contribution >= 0.6 is 11.8 Å². The van der Waals surface area contributed by atoms with Gasteiger partial charge < -0.3 is 10.7 Å². The molecule has 0 amide bonds. The zero-order chi connectivity index (χ0) is 7.40. The minimum atomic E-state index is -0.211. The summed E-state index contributed by atoms with van der Waals surface area (Å²) in [5, 5.41) is 18.9. The standard InChI is InChI=1S/C5H8N2O2S.H2O/c8-7(9)4-5-6-2-1-3-10-5;/h4H,1-3H2,(H,8,9);1H2. The van der Waals surface area contributed by atoms with Crippen LogP contribution in [0.25, 0.3) is 0 Å². The highest BCUT2D eigenvalue weighted by Gasteiger charge is 2.06. The fourth-order valence-corrected chi connectivity index (χ4v) is 1.48. The Hall–Kier alpha value is -0.750. The molecule has 0 fully saturated rings. The molecule has 1 aliphatic rings. The molecule has 6 heteroatoms. The van der Waals surface area contributed by atoms with E-state index in [2.05, 4.69) is 4.99 Å². The Morgan fingerprint density at radius 3 is 2.91 bits per heavy atom. The van der Waals surface area contributed by atoms with Gasteiger partial charge in [0.15, 0.2) is 5.04 Å². The lowest BCUT2D eigenvalue weighted by molar-refractivity contribution is -0.721. The topological polar surface area (TPSA) is 90.2 Å². The molecule has 0 bridgehead atoms. The first-order chi connectivity index (χ1) is 4.79. The van der Waals surface area contributed by atoms with Crippen molar-refractivity contribution in [1.82, 2.24) is 0 Å². The van der Waals surface area contributed by atoms with Gasteiger partial charge in [-0.2, -0.15) is 0 Å². The maximum Gasteiger partial charge on any atom is 0.264 e. The second kappa shape index (κ2) is 4.97. The van der Waals surface area contributed by atoms with Crippen LogP contribution in [0.2, 0.25) is 0 Å². The predicted molar refractivity (Wildman–Crippen MR) is 44.5 cm³/mol. The van der Waals surface area contributed by atoms with E-state index < -0.39 is 0 Å². The van der Waals surface area contributed by atoms with Gasteiger partial charge in [0.25, 0.3) is 6.21 Å². The average Bonchev–Trinajstić information content (AvgIpc) is 1.88. The number of aliphatic imine (C=N–C) groups is 1. The number of hydrogen-bond acceptors (Lipinski definition) is 4. The molecule has 1 aliphatic heterocycles. The minimum absolute atomic E-state index is 0. The highest BCUT2D eigenvalue weighted by atomic mass is 32.2. The van der Waals surface area contributed by atoms with Gasteiger partial charge in [0, 0.05) is 17.2 Å². The second-order valence-corrected chi connectivity index (χ2v) is 2.97. The van der Waals surface area contributed by atoms with E-state index in [1.54, 1.807) is 0 Å². The third-order valence-electron chi connectivity index (χ3n) is 1.04. The highest BCUT2D eigenvalue weighted by Crippen LogP contribution is 2.09. The normalized spacial score (nSPS) is 18.5. The summed E-state index contributed by atoms with van der Waals surface area (Å²) in [6.07, 6.45) is 2.12. The van der Waals surface area contributed by atoms with E-state index in [-0.39, 0.29) is 10.4 Å². The van der Waals surface area contributed by atoms with Crippen molar-refractivity contribution in [3.05, 3.63) is 5.21 Å². The number of rotatable bonds is 1. The summed E-state index contributed by atoms with van der Waals surface area (Å²) in [7, 11) is 0. The molecule has 0 unspecified atom stereocenters. The minimum Gasteiger partial charge on any atom is -0.417 e. The zero-order valence-corrected chi connectivity index (χ0v) is 6.67. The Bertz CT molecular complexity index is 177. The van der Waals surface area contributed by atoms with Gasteiger partial charge in [-0.15, -0.1) is 11.8 Å². The third-order valence-corrected chi connectivity index (χ3v) is 2.06. The lowest BCUT2D eigenvalue weighted by atomic mass is 10.5. The smallest absolute Gasteiger partial charge is 0.264 e. The lowest BCUT2D eigenvalue weighted by Crippen LogP contribution is -2.10. The molecule has 0 radical (unpaired) electrons. The monoisotopic (exact) mass is 178 g/mol. The first-order valence-corrected chi connectivity index (χ1v) is 3.95. The van der Waals surface area contributed by atoms with Gasteiger partial charge in [-0.05, 0) is 6.42 Å². The largest absolute Gasteiger partial charge is 0.417 e. The molecule has 0 saturated carbocycles. The van der Waals surface area contributed by atoms with Crippen LogP contribution in [0.15, 0.2) is 4.99 Å². The second-order valence-electron chi connectivity index (χ2n) is 1.85. The summed E-state index contributed by atoms with van der Waals surface area (Å²) in [6, 6.07) is 0. The molecule has 0 saturated heterocycles. The molecule has 1 heterocycles. The Kier molecular flexibility index (Phi) is 4.64. The molecule has 0 aromatic heterocycles. The molecular formula is C5H10N2O3S. The molecule has 0 aromatic carbocycles. The fourth-order valence-electron chi connectivity index (χ4n) is 0.649. The van der Waals surface area contributed by atoms with Crippen LogP contribution in [0.3, 0.4) is 0 Å². The Balaban J connectivity index is 0.000001000. The van der Waals surface area contributed by atoms with Crippen LogP contribution < -0.4 is 0 Å². The van der Waals surface area contributed by atoms with Crippen LogP contribution in [0.4, 0.5) is 0 Å². The number of hydrogen-bond donors (Lipinski definition) is 1. The number of thioether (sulfide) groups is 1. The van der Waals surface area contributed by atoms with Crippen molar-refractivity contribution in [2.75, 3.05) is 12.3 Å². The van der Waals surface area contributed by atoms with Crippen LogP contribution in [-0.4, -0.2) is 39.1 Å². The predicted octanol–water partition coefficient (Wildman–Crippen LogP) is -0.333. The molecule has 1 rings (SSSR count).